The van der Waals surface area contributed by atoms with E-state index in [1.165, 1.54) is 0 Å². The molecule has 1 aliphatic rings. The van der Waals surface area contributed by atoms with Gasteiger partial charge in [-0.3, -0.25) is 9.48 Å². The lowest BCUT2D eigenvalue weighted by molar-refractivity contribution is 0.497. The molecule has 3 aromatic rings. The van der Waals surface area contributed by atoms with Crippen molar-refractivity contribution in [2.45, 2.75) is 45.4 Å². The Balaban J connectivity index is 1.71. The highest BCUT2D eigenvalue weighted by atomic mass is 16.1. The number of aromatic nitrogens is 6. The Kier molecular flexibility index (Phi) is 4.63. The van der Waals surface area contributed by atoms with E-state index in [-0.39, 0.29) is 11.5 Å². The standard InChI is InChI=1S/C19H25N7O/c1-4-6-16-23-18-14(10-20-25(18)3)19(24-16)26-8-5-7-13(11-26)15-9-17(27)22-12(2)21-15/h9-10,13H,4-8,11H2,1-3H3,(H,21,22,27)/t13-/m1/s1. The molecule has 0 aromatic carbocycles. The first kappa shape index (κ1) is 17.6. The lowest BCUT2D eigenvalue weighted by Gasteiger charge is -2.33. The number of nitrogens with one attached hydrogen (secondary N) is 1. The normalized spacial score (nSPS) is 17.6. The molecule has 1 atom stereocenters. The number of anilines is 1. The second-order valence-corrected chi connectivity index (χ2v) is 7.26. The topological polar surface area (TPSA) is 92.6 Å². The predicted molar refractivity (Wildman–Crippen MR) is 104 cm³/mol. The van der Waals surface area contributed by atoms with Crippen LogP contribution >= 0.6 is 0 Å². The summed E-state index contributed by atoms with van der Waals surface area (Å²) in [6.07, 6.45) is 5.75. The Morgan fingerprint density at radius 1 is 1.30 bits per heavy atom. The van der Waals surface area contributed by atoms with Crippen LogP contribution in [0.2, 0.25) is 0 Å². The highest BCUT2D eigenvalue weighted by Gasteiger charge is 2.26. The maximum absolute atomic E-state index is 11.9. The highest BCUT2D eigenvalue weighted by Crippen LogP contribution is 2.31. The maximum atomic E-state index is 11.9. The molecule has 142 valence electrons. The Bertz CT molecular complexity index is 1020. The van der Waals surface area contributed by atoms with Gasteiger partial charge in [-0.25, -0.2) is 15.0 Å². The molecule has 1 saturated heterocycles. The van der Waals surface area contributed by atoms with Crippen LogP contribution in [0.5, 0.6) is 0 Å². The fraction of sp³-hybridized carbons (Fsp3) is 0.526. The number of fused-ring (bicyclic) bond motifs is 1. The van der Waals surface area contributed by atoms with Crippen LogP contribution < -0.4 is 10.5 Å². The smallest absolute Gasteiger partial charge is 0.251 e. The van der Waals surface area contributed by atoms with Gasteiger partial charge in [0.2, 0.25) is 0 Å². The summed E-state index contributed by atoms with van der Waals surface area (Å²) in [5, 5.41) is 5.36. The molecule has 0 bridgehead atoms. The van der Waals surface area contributed by atoms with Gasteiger partial charge in [-0.1, -0.05) is 6.92 Å². The van der Waals surface area contributed by atoms with Crippen molar-refractivity contribution in [3.8, 4) is 0 Å². The lowest BCUT2D eigenvalue weighted by atomic mass is 9.94. The first-order valence-corrected chi connectivity index (χ1v) is 9.56. The van der Waals surface area contributed by atoms with Crippen LogP contribution in [0.1, 0.15) is 49.4 Å². The summed E-state index contributed by atoms with van der Waals surface area (Å²) >= 11 is 0. The third-order valence-corrected chi connectivity index (χ3v) is 5.11. The number of rotatable bonds is 4. The van der Waals surface area contributed by atoms with Crippen molar-refractivity contribution in [3.05, 3.63) is 40.0 Å². The van der Waals surface area contributed by atoms with Crippen LogP contribution in [0.3, 0.4) is 0 Å². The van der Waals surface area contributed by atoms with Crippen molar-refractivity contribution in [3.63, 3.8) is 0 Å². The quantitative estimate of drug-likeness (QED) is 0.759. The Labute approximate surface area is 157 Å². The third kappa shape index (κ3) is 3.43. The molecule has 1 fully saturated rings. The summed E-state index contributed by atoms with van der Waals surface area (Å²) in [5.74, 6) is 2.69. The van der Waals surface area contributed by atoms with E-state index in [9.17, 15) is 4.79 Å². The van der Waals surface area contributed by atoms with E-state index in [4.69, 9.17) is 4.98 Å². The molecule has 1 aliphatic heterocycles. The van der Waals surface area contributed by atoms with Crippen molar-refractivity contribution in [1.29, 1.82) is 0 Å². The maximum Gasteiger partial charge on any atom is 0.251 e. The second kappa shape index (κ2) is 7.09. The van der Waals surface area contributed by atoms with Gasteiger partial charge < -0.3 is 9.88 Å². The van der Waals surface area contributed by atoms with Gasteiger partial charge in [0, 0.05) is 38.5 Å². The molecule has 1 N–H and O–H groups in total. The minimum atomic E-state index is -0.0865. The number of H-pyrrole nitrogens is 1. The summed E-state index contributed by atoms with van der Waals surface area (Å²) in [4.78, 5) is 31.0. The highest BCUT2D eigenvalue weighted by molar-refractivity contribution is 5.87. The Hall–Kier alpha value is -2.77. The molecule has 0 radical (unpaired) electrons. The summed E-state index contributed by atoms with van der Waals surface area (Å²) in [6.45, 7) is 5.69. The van der Waals surface area contributed by atoms with E-state index in [2.05, 4.69) is 31.9 Å². The van der Waals surface area contributed by atoms with Gasteiger partial charge in [0.05, 0.1) is 17.3 Å². The molecule has 4 heterocycles. The zero-order valence-electron chi connectivity index (χ0n) is 16.1. The molecule has 0 saturated carbocycles. The van der Waals surface area contributed by atoms with Crippen molar-refractivity contribution < 1.29 is 0 Å². The first-order valence-electron chi connectivity index (χ1n) is 9.56. The van der Waals surface area contributed by atoms with Gasteiger partial charge in [0.25, 0.3) is 5.56 Å². The van der Waals surface area contributed by atoms with E-state index < -0.39 is 0 Å². The average molecular weight is 367 g/mol. The largest absolute Gasteiger partial charge is 0.355 e. The van der Waals surface area contributed by atoms with Gasteiger partial charge in [0.15, 0.2) is 5.65 Å². The molecule has 8 heteroatoms. The van der Waals surface area contributed by atoms with Crippen LogP contribution in [-0.2, 0) is 13.5 Å². The number of aryl methyl sites for hydroxylation is 3. The summed E-state index contributed by atoms with van der Waals surface area (Å²) in [5.41, 5.74) is 1.65. The molecule has 8 nitrogen and oxygen atoms in total. The van der Waals surface area contributed by atoms with Gasteiger partial charge in [0.1, 0.15) is 17.5 Å². The number of aromatic amines is 1. The molecular weight excluding hydrogens is 342 g/mol. The van der Waals surface area contributed by atoms with Crippen LogP contribution in [0.15, 0.2) is 17.1 Å². The van der Waals surface area contributed by atoms with Crippen molar-refractivity contribution >= 4 is 16.9 Å². The molecule has 0 aliphatic carbocycles. The summed E-state index contributed by atoms with van der Waals surface area (Å²) in [6, 6.07) is 1.63. The van der Waals surface area contributed by atoms with Gasteiger partial charge in [-0.2, -0.15) is 5.10 Å². The lowest BCUT2D eigenvalue weighted by Crippen LogP contribution is -2.36. The molecule has 0 spiro atoms. The van der Waals surface area contributed by atoms with E-state index in [0.29, 0.717) is 5.82 Å². The third-order valence-electron chi connectivity index (χ3n) is 5.11. The summed E-state index contributed by atoms with van der Waals surface area (Å²) < 4.78 is 1.81. The fourth-order valence-electron chi connectivity index (χ4n) is 3.85. The van der Waals surface area contributed by atoms with Gasteiger partial charge >= 0.3 is 0 Å². The van der Waals surface area contributed by atoms with Crippen LogP contribution in [-0.4, -0.2) is 42.8 Å². The summed E-state index contributed by atoms with van der Waals surface area (Å²) in [7, 11) is 1.91. The van der Waals surface area contributed by atoms with E-state index in [1.54, 1.807) is 6.07 Å². The zero-order chi connectivity index (χ0) is 19.0. The van der Waals surface area contributed by atoms with Crippen LogP contribution in [0.25, 0.3) is 11.0 Å². The Morgan fingerprint density at radius 3 is 2.93 bits per heavy atom. The molecule has 0 amide bonds. The first-order chi connectivity index (χ1) is 13.0. The van der Waals surface area contributed by atoms with Gasteiger partial charge in [-0.15, -0.1) is 0 Å². The average Bonchev–Trinajstić information content (AvgIpc) is 3.02. The number of piperidine rings is 1. The SMILES string of the molecule is CCCc1nc(N2CCC[C@@H](c3cc(=O)[nH]c(C)n3)C2)c2cnn(C)c2n1. The number of hydrogen-bond acceptors (Lipinski definition) is 6. The van der Waals surface area contributed by atoms with Crippen LogP contribution in [0.4, 0.5) is 5.82 Å². The second-order valence-electron chi connectivity index (χ2n) is 7.26. The molecule has 27 heavy (non-hydrogen) atoms. The molecular formula is C19H25N7O. The minimum absolute atomic E-state index is 0.0865. The predicted octanol–water partition coefficient (Wildman–Crippen LogP) is 2.09. The number of nitrogens with zero attached hydrogens (tertiary/aromatic N) is 6. The number of hydrogen-bond donors (Lipinski definition) is 1. The van der Waals surface area contributed by atoms with Gasteiger partial charge in [-0.05, 0) is 26.2 Å². The zero-order valence-corrected chi connectivity index (χ0v) is 16.1. The monoisotopic (exact) mass is 367 g/mol. The molecule has 4 rings (SSSR count). The fourth-order valence-corrected chi connectivity index (χ4v) is 3.85. The van der Waals surface area contributed by atoms with E-state index in [1.807, 2.05) is 24.9 Å². The Morgan fingerprint density at radius 2 is 2.15 bits per heavy atom. The van der Waals surface area contributed by atoms with Crippen molar-refractivity contribution in [1.82, 2.24) is 29.7 Å². The van der Waals surface area contributed by atoms with Crippen molar-refractivity contribution in [2.75, 3.05) is 18.0 Å². The van der Waals surface area contributed by atoms with E-state index >= 15 is 0 Å². The molecule has 3 aromatic heterocycles. The van der Waals surface area contributed by atoms with Crippen molar-refractivity contribution in [2.24, 2.45) is 7.05 Å². The minimum Gasteiger partial charge on any atom is -0.355 e. The molecule has 0 unspecified atom stereocenters. The van der Waals surface area contributed by atoms with Crippen LogP contribution in [0, 0.1) is 6.92 Å². The van der Waals surface area contributed by atoms with E-state index in [0.717, 1.165) is 67.1 Å².